The van der Waals surface area contributed by atoms with Crippen molar-refractivity contribution in [2.75, 3.05) is 24.6 Å². The molecule has 0 saturated carbocycles. The van der Waals surface area contributed by atoms with Gasteiger partial charge in [-0.15, -0.1) is 11.8 Å². The summed E-state index contributed by atoms with van der Waals surface area (Å²) in [6.45, 7) is 4.77. The fraction of sp³-hybridized carbons (Fsp3) is 0.368. The summed E-state index contributed by atoms with van der Waals surface area (Å²) in [5.74, 6) is -0.388. The lowest BCUT2D eigenvalue weighted by molar-refractivity contribution is -0.120. The maximum Gasteiger partial charge on any atom is 0.335 e. The summed E-state index contributed by atoms with van der Waals surface area (Å²) in [6, 6.07) is 5.18. The average Bonchev–Trinajstić information content (AvgIpc) is 2.61. The third kappa shape index (κ3) is 5.93. The Balaban J connectivity index is 2.15. The Morgan fingerprint density at radius 1 is 1.18 bits per heavy atom. The number of carbonyl (C=O) groups excluding carboxylic acids is 1. The number of hydrogen-bond acceptors (Lipinski definition) is 7. The number of carboxylic acids is 1. The van der Waals surface area contributed by atoms with Crippen molar-refractivity contribution >= 4 is 29.6 Å². The van der Waals surface area contributed by atoms with Gasteiger partial charge in [-0.25, -0.2) is 14.8 Å². The number of aromatic carboxylic acids is 1. The molecule has 0 atom stereocenters. The van der Waals surface area contributed by atoms with Crippen molar-refractivity contribution in [3.8, 4) is 11.3 Å². The van der Waals surface area contributed by atoms with Crippen LogP contribution in [0.15, 0.2) is 23.2 Å². The van der Waals surface area contributed by atoms with Crippen molar-refractivity contribution in [2.24, 2.45) is 5.73 Å². The number of anilines is 1. The lowest BCUT2D eigenvalue weighted by atomic mass is 9.98. The maximum atomic E-state index is 11.8. The lowest BCUT2D eigenvalue weighted by Gasteiger charge is -2.11. The van der Waals surface area contributed by atoms with Crippen LogP contribution in [0.25, 0.3) is 11.3 Å². The van der Waals surface area contributed by atoms with Gasteiger partial charge in [0.25, 0.3) is 0 Å². The Labute approximate surface area is 168 Å². The molecule has 2 rings (SSSR count). The van der Waals surface area contributed by atoms with Crippen LogP contribution in [0.2, 0.25) is 0 Å². The first-order chi connectivity index (χ1) is 13.3. The number of nitrogens with one attached hydrogen (secondary N) is 1. The Hall–Kier alpha value is -2.65. The highest BCUT2D eigenvalue weighted by Gasteiger charge is 2.14. The highest BCUT2D eigenvalue weighted by molar-refractivity contribution is 7.99. The molecule has 2 aromatic rings. The Morgan fingerprint density at radius 2 is 1.93 bits per heavy atom. The summed E-state index contributed by atoms with van der Waals surface area (Å²) < 4.78 is 0. The van der Waals surface area contributed by atoms with Crippen molar-refractivity contribution in [3.05, 3.63) is 34.9 Å². The molecule has 28 heavy (non-hydrogen) atoms. The lowest BCUT2D eigenvalue weighted by Crippen LogP contribution is -2.26. The van der Waals surface area contributed by atoms with Crippen LogP contribution in [0.3, 0.4) is 0 Å². The summed E-state index contributed by atoms with van der Waals surface area (Å²) in [6.07, 6.45) is 1.10. The van der Waals surface area contributed by atoms with E-state index in [1.165, 1.54) is 11.8 Å². The molecule has 0 saturated heterocycles. The van der Waals surface area contributed by atoms with Gasteiger partial charge in [0, 0.05) is 24.3 Å². The third-order valence-corrected chi connectivity index (χ3v) is 4.99. The molecule has 1 amide bonds. The van der Waals surface area contributed by atoms with Crippen LogP contribution in [-0.2, 0) is 4.79 Å². The Morgan fingerprint density at radius 3 is 2.61 bits per heavy atom. The van der Waals surface area contributed by atoms with E-state index in [9.17, 15) is 14.7 Å². The predicted molar refractivity (Wildman–Crippen MR) is 110 cm³/mol. The van der Waals surface area contributed by atoms with E-state index in [1.54, 1.807) is 19.1 Å². The quantitative estimate of drug-likeness (QED) is 0.283. The van der Waals surface area contributed by atoms with Gasteiger partial charge in [-0.3, -0.25) is 4.79 Å². The Kier molecular flexibility index (Phi) is 7.77. The monoisotopic (exact) mass is 403 g/mol. The first-order valence-corrected chi connectivity index (χ1v) is 9.89. The molecule has 1 heterocycles. The van der Waals surface area contributed by atoms with E-state index < -0.39 is 5.97 Å². The molecule has 1 aromatic carbocycles. The minimum absolute atomic E-state index is 0.0383. The molecule has 0 radical (unpaired) electrons. The van der Waals surface area contributed by atoms with Crippen LogP contribution in [0.5, 0.6) is 0 Å². The van der Waals surface area contributed by atoms with Crippen LogP contribution < -0.4 is 16.8 Å². The molecular formula is C19H25N5O3S. The number of carboxylic acid groups (broad SMARTS) is 1. The SMILES string of the molecule is Cc1cc(C)c(-c2cc(SCCC(=O)NCCCN)nc(N)n2)cc1C(=O)O. The first kappa shape index (κ1) is 21.6. The first-order valence-electron chi connectivity index (χ1n) is 8.91. The number of carbonyl (C=O) groups is 2. The fourth-order valence-electron chi connectivity index (χ4n) is 2.68. The predicted octanol–water partition coefficient (Wildman–Crippen LogP) is 1.99. The fourth-order valence-corrected chi connectivity index (χ4v) is 3.53. The topological polar surface area (TPSA) is 144 Å². The van der Waals surface area contributed by atoms with E-state index in [1.807, 2.05) is 13.0 Å². The van der Waals surface area contributed by atoms with E-state index in [4.69, 9.17) is 11.5 Å². The molecule has 0 aliphatic rings. The highest BCUT2D eigenvalue weighted by atomic mass is 32.2. The van der Waals surface area contributed by atoms with Gasteiger partial charge in [0.05, 0.1) is 11.3 Å². The highest BCUT2D eigenvalue weighted by Crippen LogP contribution is 2.29. The third-order valence-electron chi connectivity index (χ3n) is 4.08. The second-order valence-corrected chi connectivity index (χ2v) is 7.44. The van der Waals surface area contributed by atoms with Crippen molar-refractivity contribution in [2.45, 2.75) is 31.7 Å². The molecule has 0 aliphatic heterocycles. The summed E-state index contributed by atoms with van der Waals surface area (Å²) in [5.41, 5.74) is 14.3. The molecule has 8 nitrogen and oxygen atoms in total. The molecule has 9 heteroatoms. The second kappa shape index (κ2) is 10.0. The zero-order valence-electron chi connectivity index (χ0n) is 16.0. The number of nitrogens with zero attached hydrogens (tertiary/aromatic N) is 2. The maximum absolute atomic E-state index is 11.8. The molecule has 0 fully saturated rings. The van der Waals surface area contributed by atoms with E-state index >= 15 is 0 Å². The summed E-state index contributed by atoms with van der Waals surface area (Å²) in [7, 11) is 0. The van der Waals surface area contributed by atoms with Crippen molar-refractivity contribution in [1.82, 2.24) is 15.3 Å². The van der Waals surface area contributed by atoms with Gasteiger partial charge in [0.2, 0.25) is 11.9 Å². The minimum Gasteiger partial charge on any atom is -0.478 e. The van der Waals surface area contributed by atoms with Gasteiger partial charge in [-0.05, 0) is 50.1 Å². The minimum atomic E-state index is -0.990. The normalized spacial score (nSPS) is 10.7. The molecule has 150 valence electrons. The van der Waals surface area contributed by atoms with Crippen LogP contribution in [0.1, 0.15) is 34.3 Å². The van der Waals surface area contributed by atoms with Crippen molar-refractivity contribution in [3.63, 3.8) is 0 Å². The van der Waals surface area contributed by atoms with Gasteiger partial charge in [-0.2, -0.15) is 0 Å². The number of thioether (sulfide) groups is 1. The largest absolute Gasteiger partial charge is 0.478 e. The van der Waals surface area contributed by atoms with Gasteiger partial charge in [0.15, 0.2) is 0 Å². The van der Waals surface area contributed by atoms with Gasteiger partial charge >= 0.3 is 5.97 Å². The van der Waals surface area contributed by atoms with Crippen LogP contribution >= 0.6 is 11.8 Å². The summed E-state index contributed by atoms with van der Waals surface area (Å²) in [5, 5.41) is 12.8. The van der Waals surface area contributed by atoms with E-state index in [0.717, 1.165) is 12.0 Å². The zero-order valence-corrected chi connectivity index (χ0v) is 16.8. The van der Waals surface area contributed by atoms with Crippen LogP contribution in [0, 0.1) is 13.8 Å². The van der Waals surface area contributed by atoms with Crippen LogP contribution in [-0.4, -0.2) is 45.8 Å². The molecule has 6 N–H and O–H groups in total. The average molecular weight is 404 g/mol. The summed E-state index contributed by atoms with van der Waals surface area (Å²) >= 11 is 1.40. The molecule has 0 spiro atoms. The summed E-state index contributed by atoms with van der Waals surface area (Å²) in [4.78, 5) is 31.7. The molecule has 0 aliphatic carbocycles. The molecule has 1 aromatic heterocycles. The van der Waals surface area contributed by atoms with Crippen molar-refractivity contribution < 1.29 is 14.7 Å². The number of nitrogen functional groups attached to an aromatic ring is 1. The van der Waals surface area contributed by atoms with Gasteiger partial charge in [-0.1, -0.05) is 6.07 Å². The second-order valence-electron chi connectivity index (χ2n) is 6.33. The Bertz CT molecular complexity index is 873. The molecular weight excluding hydrogens is 378 g/mol. The van der Waals surface area contributed by atoms with Gasteiger partial charge < -0.3 is 21.9 Å². The van der Waals surface area contributed by atoms with Crippen molar-refractivity contribution in [1.29, 1.82) is 0 Å². The number of rotatable bonds is 9. The number of benzene rings is 1. The number of hydrogen-bond donors (Lipinski definition) is 4. The number of amides is 1. The van der Waals surface area contributed by atoms with Crippen LogP contribution in [0.4, 0.5) is 5.95 Å². The number of aryl methyl sites for hydroxylation is 2. The number of aromatic nitrogens is 2. The number of nitrogens with two attached hydrogens (primary N) is 2. The smallest absolute Gasteiger partial charge is 0.335 e. The van der Waals surface area contributed by atoms with E-state index in [2.05, 4.69) is 15.3 Å². The van der Waals surface area contributed by atoms with Gasteiger partial charge in [0.1, 0.15) is 5.03 Å². The molecule has 0 bridgehead atoms. The standard InChI is InChI=1S/C19H25N5O3S/c1-11-8-12(2)14(18(26)27)9-13(11)15-10-17(24-19(21)23-15)28-7-4-16(25)22-6-3-5-20/h8-10H,3-7,20H2,1-2H3,(H,22,25)(H,26,27)(H2,21,23,24). The van der Waals surface area contributed by atoms with E-state index in [0.29, 0.717) is 47.1 Å². The molecule has 0 unspecified atom stereocenters. The zero-order chi connectivity index (χ0) is 20.7. The van der Waals surface area contributed by atoms with E-state index in [-0.39, 0.29) is 17.4 Å².